The van der Waals surface area contributed by atoms with E-state index in [4.69, 9.17) is 20.9 Å². The molecule has 1 aromatic rings. The van der Waals surface area contributed by atoms with Crippen molar-refractivity contribution in [1.82, 2.24) is 0 Å². The first-order valence-corrected chi connectivity index (χ1v) is 6.50. The van der Waals surface area contributed by atoms with Gasteiger partial charge < -0.3 is 26.3 Å². The Morgan fingerprint density at radius 2 is 1.91 bits per heavy atom. The van der Waals surface area contributed by atoms with Gasteiger partial charge in [-0.2, -0.15) is 0 Å². The second kappa shape index (κ2) is 9.11. The molecule has 1 rings (SSSR count). The van der Waals surface area contributed by atoms with Crippen LogP contribution in [0.1, 0.15) is 13.8 Å². The zero-order valence-corrected chi connectivity index (χ0v) is 13.6. The third kappa shape index (κ3) is 5.79. The molecule has 2 amide bonds. The molecule has 8 heteroatoms. The van der Waals surface area contributed by atoms with Gasteiger partial charge in [0.25, 0.3) is 5.91 Å². The van der Waals surface area contributed by atoms with Crippen LogP contribution in [0, 0.1) is 5.92 Å². The number of benzene rings is 1. The molecule has 7 nitrogen and oxygen atoms in total. The first kappa shape index (κ1) is 20.0. The Morgan fingerprint density at radius 3 is 2.41 bits per heavy atom. The van der Waals surface area contributed by atoms with Gasteiger partial charge in [-0.25, -0.2) is 0 Å². The first-order valence-electron chi connectivity index (χ1n) is 6.50. The molecule has 0 bridgehead atoms. The molecule has 0 aliphatic carbocycles. The first-order chi connectivity index (χ1) is 9.85. The maximum absolute atomic E-state index is 11.9. The van der Waals surface area contributed by atoms with Crippen LogP contribution in [0.5, 0.6) is 11.5 Å². The topological polar surface area (TPSA) is 117 Å². The molecular weight excluding hydrogens is 310 g/mol. The minimum absolute atomic E-state index is 0. The van der Waals surface area contributed by atoms with E-state index in [1.807, 2.05) is 13.8 Å². The Balaban J connectivity index is 0.00000441. The largest absolute Gasteiger partial charge is 0.493 e. The number of carbonyl (C=O) groups excluding carboxylic acids is 2. The van der Waals surface area contributed by atoms with Crippen molar-refractivity contribution in [3.8, 4) is 11.5 Å². The van der Waals surface area contributed by atoms with Gasteiger partial charge in [-0.15, -0.1) is 12.4 Å². The van der Waals surface area contributed by atoms with E-state index in [-0.39, 0.29) is 30.8 Å². The molecule has 0 radical (unpaired) electrons. The summed E-state index contributed by atoms with van der Waals surface area (Å²) in [5.74, 6) is -0.132. The van der Waals surface area contributed by atoms with Crippen molar-refractivity contribution < 1.29 is 19.1 Å². The highest BCUT2D eigenvalue weighted by atomic mass is 35.5. The number of primary amides is 1. The van der Waals surface area contributed by atoms with Gasteiger partial charge in [-0.3, -0.25) is 9.59 Å². The second-order valence-electron chi connectivity index (χ2n) is 4.88. The summed E-state index contributed by atoms with van der Waals surface area (Å²) in [5.41, 5.74) is 11.3. The predicted octanol–water partition coefficient (Wildman–Crippen LogP) is 0.903. The quantitative estimate of drug-likeness (QED) is 0.686. The lowest BCUT2D eigenvalue weighted by Gasteiger charge is -2.16. The predicted molar refractivity (Wildman–Crippen MR) is 86.4 cm³/mol. The van der Waals surface area contributed by atoms with Gasteiger partial charge in [0, 0.05) is 11.8 Å². The third-order valence-corrected chi connectivity index (χ3v) is 2.82. The standard InChI is InChI=1S/C14H21N3O4.ClH/c1-8(2)13(16)14(19)17-9-4-5-10(20-3)11(6-9)21-7-12(15)18;/h4-6,8,13H,7,16H2,1-3H3,(H2,15,18)(H,17,19);1H/t13-;/m0./s1. The molecule has 124 valence electrons. The summed E-state index contributed by atoms with van der Waals surface area (Å²) >= 11 is 0. The molecule has 22 heavy (non-hydrogen) atoms. The van der Waals surface area contributed by atoms with Crippen LogP contribution in [-0.2, 0) is 9.59 Å². The molecular formula is C14H22ClN3O4. The van der Waals surface area contributed by atoms with E-state index in [0.29, 0.717) is 17.2 Å². The molecule has 0 aromatic heterocycles. The summed E-state index contributed by atoms with van der Waals surface area (Å²) in [6.07, 6.45) is 0. The number of amides is 2. The van der Waals surface area contributed by atoms with Crippen LogP contribution in [0.4, 0.5) is 5.69 Å². The van der Waals surface area contributed by atoms with Crippen molar-refractivity contribution in [2.45, 2.75) is 19.9 Å². The smallest absolute Gasteiger partial charge is 0.255 e. The van der Waals surface area contributed by atoms with Gasteiger partial charge in [-0.05, 0) is 18.1 Å². The summed E-state index contributed by atoms with van der Waals surface area (Å²) in [6.45, 7) is 3.44. The Morgan fingerprint density at radius 1 is 1.27 bits per heavy atom. The number of rotatable bonds is 7. The summed E-state index contributed by atoms with van der Waals surface area (Å²) < 4.78 is 10.3. The minimum atomic E-state index is -0.609. The van der Waals surface area contributed by atoms with Crippen LogP contribution in [0.3, 0.4) is 0 Å². The van der Waals surface area contributed by atoms with E-state index in [0.717, 1.165) is 0 Å². The Kier molecular flexibility index (Phi) is 8.29. The van der Waals surface area contributed by atoms with Gasteiger partial charge >= 0.3 is 0 Å². The lowest BCUT2D eigenvalue weighted by atomic mass is 10.0. The van der Waals surface area contributed by atoms with Gasteiger partial charge in [0.05, 0.1) is 13.2 Å². The van der Waals surface area contributed by atoms with Gasteiger partial charge in [0.1, 0.15) is 0 Å². The molecule has 0 aliphatic heterocycles. The highest BCUT2D eigenvalue weighted by Gasteiger charge is 2.18. The molecule has 0 aliphatic rings. The number of nitrogens with one attached hydrogen (secondary N) is 1. The van der Waals surface area contributed by atoms with Crippen LogP contribution in [-0.4, -0.2) is 31.6 Å². The SMILES string of the molecule is COc1ccc(NC(=O)[C@@H](N)C(C)C)cc1OCC(N)=O.Cl. The monoisotopic (exact) mass is 331 g/mol. The molecule has 0 saturated carbocycles. The molecule has 5 N–H and O–H groups in total. The normalized spacial score (nSPS) is 11.3. The van der Waals surface area contributed by atoms with E-state index in [1.54, 1.807) is 18.2 Å². The van der Waals surface area contributed by atoms with E-state index in [9.17, 15) is 9.59 Å². The van der Waals surface area contributed by atoms with Crippen molar-refractivity contribution in [3.05, 3.63) is 18.2 Å². The molecule has 0 fully saturated rings. The number of halogens is 1. The van der Waals surface area contributed by atoms with Crippen molar-refractivity contribution in [3.63, 3.8) is 0 Å². The number of hydrogen-bond donors (Lipinski definition) is 3. The highest BCUT2D eigenvalue weighted by molar-refractivity contribution is 5.95. The van der Waals surface area contributed by atoms with Crippen LogP contribution in [0.25, 0.3) is 0 Å². The molecule has 0 heterocycles. The number of ether oxygens (including phenoxy) is 2. The molecule has 0 spiro atoms. The lowest BCUT2D eigenvalue weighted by Crippen LogP contribution is -2.39. The number of hydrogen-bond acceptors (Lipinski definition) is 5. The molecule has 0 saturated heterocycles. The van der Waals surface area contributed by atoms with Crippen molar-refractivity contribution >= 4 is 29.9 Å². The van der Waals surface area contributed by atoms with Crippen molar-refractivity contribution in [2.75, 3.05) is 19.0 Å². The Hall–Kier alpha value is -1.99. The maximum Gasteiger partial charge on any atom is 0.255 e. The third-order valence-electron chi connectivity index (χ3n) is 2.82. The van der Waals surface area contributed by atoms with Crippen molar-refractivity contribution in [2.24, 2.45) is 17.4 Å². The fourth-order valence-electron chi connectivity index (χ4n) is 1.54. The van der Waals surface area contributed by atoms with Crippen LogP contribution in [0.15, 0.2) is 18.2 Å². The van der Waals surface area contributed by atoms with Crippen LogP contribution < -0.4 is 26.3 Å². The molecule has 1 aromatic carbocycles. The van der Waals surface area contributed by atoms with Crippen molar-refractivity contribution in [1.29, 1.82) is 0 Å². The number of anilines is 1. The van der Waals surface area contributed by atoms with Crippen LogP contribution >= 0.6 is 12.4 Å². The van der Waals surface area contributed by atoms with Gasteiger partial charge in [0.2, 0.25) is 5.91 Å². The average molecular weight is 332 g/mol. The van der Waals surface area contributed by atoms with Crippen LogP contribution in [0.2, 0.25) is 0 Å². The maximum atomic E-state index is 11.9. The minimum Gasteiger partial charge on any atom is -0.493 e. The zero-order valence-electron chi connectivity index (χ0n) is 12.8. The fraction of sp³-hybridized carbons (Fsp3) is 0.429. The molecule has 0 unspecified atom stereocenters. The highest BCUT2D eigenvalue weighted by Crippen LogP contribution is 2.30. The molecule has 1 atom stereocenters. The van der Waals surface area contributed by atoms with Gasteiger partial charge in [-0.1, -0.05) is 13.8 Å². The number of nitrogens with two attached hydrogens (primary N) is 2. The Labute approximate surface area is 135 Å². The zero-order chi connectivity index (χ0) is 16.0. The lowest BCUT2D eigenvalue weighted by molar-refractivity contribution is -0.120. The van der Waals surface area contributed by atoms with E-state index in [1.165, 1.54) is 7.11 Å². The second-order valence-corrected chi connectivity index (χ2v) is 4.88. The number of methoxy groups -OCH3 is 1. The summed E-state index contributed by atoms with van der Waals surface area (Å²) in [5, 5.41) is 2.69. The average Bonchev–Trinajstić information content (AvgIpc) is 2.44. The number of carbonyl (C=O) groups is 2. The summed E-state index contributed by atoms with van der Waals surface area (Å²) in [4.78, 5) is 22.7. The van der Waals surface area contributed by atoms with E-state index < -0.39 is 11.9 Å². The fourth-order valence-corrected chi connectivity index (χ4v) is 1.54. The van der Waals surface area contributed by atoms with Gasteiger partial charge in [0.15, 0.2) is 18.1 Å². The van der Waals surface area contributed by atoms with E-state index in [2.05, 4.69) is 5.32 Å². The summed E-state index contributed by atoms with van der Waals surface area (Å²) in [6, 6.07) is 4.21. The Bertz CT molecular complexity index is 523. The van der Waals surface area contributed by atoms with E-state index >= 15 is 0 Å². The summed E-state index contributed by atoms with van der Waals surface area (Å²) in [7, 11) is 1.47.